The third kappa shape index (κ3) is 5.80. The first kappa shape index (κ1) is 15.4. The predicted octanol–water partition coefficient (Wildman–Crippen LogP) is 2.72. The molecule has 0 aromatic heterocycles. The molecule has 1 aromatic carbocycles. The lowest BCUT2D eigenvalue weighted by Crippen LogP contribution is -2.42. The molecule has 2 N–H and O–H groups in total. The second-order valence-corrected chi connectivity index (χ2v) is 6.09. The molecule has 0 amide bonds. The van der Waals surface area contributed by atoms with Crippen LogP contribution in [0.15, 0.2) is 22.7 Å². The first-order valence-corrected chi connectivity index (χ1v) is 6.58. The van der Waals surface area contributed by atoms with Crippen molar-refractivity contribution in [1.82, 2.24) is 5.32 Å². The third-order valence-electron chi connectivity index (χ3n) is 2.19. The number of hydrogen-bond acceptors (Lipinski definition) is 3. The fraction of sp³-hybridized carbons (Fsp3) is 0.538. The van der Waals surface area contributed by atoms with Crippen molar-refractivity contribution in [2.45, 2.75) is 32.4 Å². The van der Waals surface area contributed by atoms with Crippen LogP contribution in [0.1, 0.15) is 20.8 Å². The Morgan fingerprint density at radius 2 is 2.11 bits per heavy atom. The van der Waals surface area contributed by atoms with Crippen molar-refractivity contribution in [3.05, 3.63) is 28.5 Å². The molecule has 0 aliphatic heterocycles. The van der Waals surface area contributed by atoms with Crippen molar-refractivity contribution in [1.29, 1.82) is 0 Å². The van der Waals surface area contributed by atoms with E-state index in [-0.39, 0.29) is 17.9 Å². The Morgan fingerprint density at radius 1 is 1.44 bits per heavy atom. The van der Waals surface area contributed by atoms with Crippen molar-refractivity contribution in [3.8, 4) is 5.75 Å². The molecule has 1 rings (SSSR count). The van der Waals surface area contributed by atoms with Gasteiger partial charge < -0.3 is 15.2 Å². The van der Waals surface area contributed by atoms with Crippen LogP contribution in [0.3, 0.4) is 0 Å². The number of hydrogen-bond donors (Lipinski definition) is 2. The Hall–Kier alpha value is -0.650. The number of rotatable bonds is 5. The third-order valence-corrected chi connectivity index (χ3v) is 2.69. The van der Waals surface area contributed by atoms with Gasteiger partial charge in [0.15, 0.2) is 11.6 Å². The van der Waals surface area contributed by atoms with Gasteiger partial charge in [-0.25, -0.2) is 4.39 Å². The molecule has 0 heterocycles. The van der Waals surface area contributed by atoms with Crippen molar-refractivity contribution in [3.63, 3.8) is 0 Å². The summed E-state index contributed by atoms with van der Waals surface area (Å²) in [5.41, 5.74) is -0.0675. The highest BCUT2D eigenvalue weighted by molar-refractivity contribution is 9.10. The molecule has 3 nitrogen and oxygen atoms in total. The van der Waals surface area contributed by atoms with E-state index in [2.05, 4.69) is 21.2 Å². The maximum Gasteiger partial charge on any atom is 0.165 e. The Morgan fingerprint density at radius 3 is 2.72 bits per heavy atom. The molecule has 102 valence electrons. The van der Waals surface area contributed by atoms with Gasteiger partial charge >= 0.3 is 0 Å². The topological polar surface area (TPSA) is 41.5 Å². The standard InChI is InChI=1S/C13H19BrFNO2/c1-13(2,3)16-7-10(17)8-18-12-6-9(14)4-5-11(12)15/h4-6,10,16-17H,7-8H2,1-3H3. The van der Waals surface area contributed by atoms with Crippen molar-refractivity contribution in [2.24, 2.45) is 0 Å². The van der Waals surface area contributed by atoms with E-state index in [0.29, 0.717) is 6.54 Å². The van der Waals surface area contributed by atoms with Crippen LogP contribution in [-0.4, -0.2) is 29.9 Å². The largest absolute Gasteiger partial charge is 0.488 e. The number of aliphatic hydroxyl groups excluding tert-OH is 1. The Kier molecular flexibility index (Phi) is 5.56. The van der Waals surface area contributed by atoms with Crippen molar-refractivity contribution >= 4 is 15.9 Å². The molecule has 0 aliphatic rings. The maximum atomic E-state index is 13.4. The summed E-state index contributed by atoms with van der Waals surface area (Å²) in [5.74, 6) is -0.298. The quantitative estimate of drug-likeness (QED) is 0.876. The molecule has 5 heteroatoms. The molecule has 0 fully saturated rings. The highest BCUT2D eigenvalue weighted by atomic mass is 79.9. The first-order valence-electron chi connectivity index (χ1n) is 5.79. The summed E-state index contributed by atoms with van der Waals surface area (Å²) < 4.78 is 19.3. The van der Waals surface area contributed by atoms with Gasteiger partial charge in [0.2, 0.25) is 0 Å². The van der Waals surface area contributed by atoms with Crippen LogP contribution in [0.4, 0.5) is 4.39 Å². The highest BCUT2D eigenvalue weighted by Crippen LogP contribution is 2.22. The van der Waals surface area contributed by atoms with Crippen LogP contribution in [0, 0.1) is 5.82 Å². The van der Waals surface area contributed by atoms with Gasteiger partial charge in [-0.05, 0) is 39.0 Å². The highest BCUT2D eigenvalue weighted by Gasteiger charge is 2.13. The maximum absolute atomic E-state index is 13.4. The summed E-state index contributed by atoms with van der Waals surface area (Å²) in [6, 6.07) is 4.46. The van der Waals surface area contributed by atoms with E-state index >= 15 is 0 Å². The molecule has 0 saturated carbocycles. The van der Waals surface area contributed by atoms with E-state index in [1.807, 2.05) is 20.8 Å². The van der Waals surface area contributed by atoms with Gasteiger partial charge in [-0.3, -0.25) is 0 Å². The average Bonchev–Trinajstić information content (AvgIpc) is 2.26. The summed E-state index contributed by atoms with van der Waals surface area (Å²) in [4.78, 5) is 0. The minimum Gasteiger partial charge on any atom is -0.488 e. The number of nitrogens with one attached hydrogen (secondary N) is 1. The van der Waals surface area contributed by atoms with E-state index in [1.165, 1.54) is 6.07 Å². The fourth-order valence-corrected chi connectivity index (χ4v) is 1.60. The molecule has 1 atom stereocenters. The van der Waals surface area contributed by atoms with Crippen LogP contribution in [0.5, 0.6) is 5.75 Å². The molecule has 0 aliphatic carbocycles. The van der Waals surface area contributed by atoms with E-state index in [4.69, 9.17) is 4.74 Å². The smallest absolute Gasteiger partial charge is 0.165 e. The summed E-state index contributed by atoms with van der Waals surface area (Å²) in [6.07, 6.45) is -0.678. The monoisotopic (exact) mass is 319 g/mol. The number of halogens is 2. The first-order chi connectivity index (χ1) is 8.28. The van der Waals surface area contributed by atoms with Gasteiger partial charge in [-0.1, -0.05) is 15.9 Å². The lowest BCUT2D eigenvalue weighted by atomic mass is 10.1. The zero-order valence-electron chi connectivity index (χ0n) is 10.8. The van der Waals surface area contributed by atoms with Crippen LogP contribution in [0.25, 0.3) is 0 Å². The molecular weight excluding hydrogens is 301 g/mol. The minimum absolute atomic E-state index is 0.0520. The van der Waals surface area contributed by atoms with Crippen LogP contribution in [0.2, 0.25) is 0 Å². The molecular formula is C13H19BrFNO2. The van der Waals surface area contributed by atoms with E-state index in [1.54, 1.807) is 12.1 Å². The summed E-state index contributed by atoms with van der Waals surface area (Å²) in [7, 11) is 0. The predicted molar refractivity (Wildman–Crippen MR) is 73.4 cm³/mol. The summed E-state index contributed by atoms with van der Waals surface area (Å²) >= 11 is 3.24. The van der Waals surface area contributed by atoms with Crippen LogP contribution < -0.4 is 10.1 Å². The van der Waals surface area contributed by atoms with E-state index in [9.17, 15) is 9.50 Å². The molecule has 0 bridgehead atoms. The van der Waals surface area contributed by atoms with Gasteiger partial charge in [0.05, 0.1) is 0 Å². The SMILES string of the molecule is CC(C)(C)NCC(O)COc1cc(Br)ccc1F. The molecule has 0 spiro atoms. The number of aliphatic hydroxyl groups is 1. The van der Waals surface area contributed by atoms with Gasteiger partial charge in [0, 0.05) is 16.6 Å². The zero-order valence-corrected chi connectivity index (χ0v) is 12.4. The second-order valence-electron chi connectivity index (χ2n) is 5.17. The molecule has 0 saturated heterocycles. The molecule has 1 unspecified atom stereocenters. The Bertz CT molecular complexity index is 393. The molecule has 0 radical (unpaired) electrons. The van der Waals surface area contributed by atoms with Crippen molar-refractivity contribution < 1.29 is 14.2 Å². The number of benzene rings is 1. The number of ether oxygens (including phenoxy) is 1. The summed E-state index contributed by atoms with van der Waals surface area (Å²) in [6.45, 7) is 6.48. The molecule has 1 aromatic rings. The van der Waals surface area contributed by atoms with E-state index < -0.39 is 11.9 Å². The zero-order chi connectivity index (χ0) is 13.8. The fourth-order valence-electron chi connectivity index (χ4n) is 1.26. The lowest BCUT2D eigenvalue weighted by molar-refractivity contribution is 0.0979. The van der Waals surface area contributed by atoms with Crippen LogP contribution in [-0.2, 0) is 0 Å². The average molecular weight is 320 g/mol. The Balaban J connectivity index is 2.42. The van der Waals surface area contributed by atoms with Gasteiger partial charge in [0.25, 0.3) is 0 Å². The van der Waals surface area contributed by atoms with E-state index in [0.717, 1.165) is 4.47 Å². The van der Waals surface area contributed by atoms with Crippen LogP contribution >= 0.6 is 15.9 Å². The van der Waals surface area contributed by atoms with Gasteiger partial charge in [0.1, 0.15) is 12.7 Å². The summed E-state index contributed by atoms with van der Waals surface area (Å²) in [5, 5.41) is 12.9. The second kappa shape index (κ2) is 6.50. The number of β-amino-alcohol motifs (C(OH)–C–C–N with tert-alkyl or cyclic N) is 1. The van der Waals surface area contributed by atoms with Gasteiger partial charge in [-0.15, -0.1) is 0 Å². The Labute approximate surface area is 115 Å². The lowest BCUT2D eigenvalue weighted by Gasteiger charge is -2.23. The normalized spacial score (nSPS) is 13.4. The van der Waals surface area contributed by atoms with Crippen molar-refractivity contribution in [2.75, 3.05) is 13.2 Å². The van der Waals surface area contributed by atoms with Gasteiger partial charge in [-0.2, -0.15) is 0 Å². The molecule has 18 heavy (non-hydrogen) atoms. The minimum atomic E-state index is -0.678.